The summed E-state index contributed by atoms with van der Waals surface area (Å²) in [6, 6.07) is 9.20. The minimum atomic E-state index is -0.843. The second-order valence-electron chi connectivity index (χ2n) is 7.53. The van der Waals surface area contributed by atoms with E-state index in [0.717, 1.165) is 28.6 Å². The van der Waals surface area contributed by atoms with Crippen LogP contribution in [0.2, 0.25) is 0 Å². The highest BCUT2D eigenvalue weighted by Gasteiger charge is 2.37. The molecule has 1 fully saturated rings. The summed E-state index contributed by atoms with van der Waals surface area (Å²) in [5.74, 6) is -0.134. The van der Waals surface area contributed by atoms with Crippen LogP contribution in [0.1, 0.15) is 38.7 Å². The van der Waals surface area contributed by atoms with Gasteiger partial charge in [-0.3, -0.25) is 14.9 Å². The fraction of sp³-hybridized carbons (Fsp3) is 0.320. The smallest absolute Gasteiger partial charge is 0.335 e. The number of nitrogens with one attached hydrogen (secondary N) is 1. The molecular weight excluding hydrogens is 504 g/mol. The number of carbonyl (C=O) groups excluding carboxylic acids is 3. The van der Waals surface area contributed by atoms with Crippen LogP contribution in [0, 0.1) is 0 Å². The van der Waals surface area contributed by atoms with Crippen LogP contribution in [-0.4, -0.2) is 38.2 Å². The van der Waals surface area contributed by atoms with E-state index in [1.165, 1.54) is 19.3 Å². The van der Waals surface area contributed by atoms with Crippen molar-refractivity contribution in [3.05, 3.63) is 52.0 Å². The van der Waals surface area contributed by atoms with E-state index in [1.54, 1.807) is 24.3 Å². The second-order valence-corrected chi connectivity index (χ2v) is 8.44. The Morgan fingerprint density at radius 1 is 0.941 bits per heavy atom. The molecule has 3 rings (SSSR count). The van der Waals surface area contributed by atoms with Gasteiger partial charge in [-0.05, 0) is 49.2 Å². The highest BCUT2D eigenvalue weighted by molar-refractivity contribution is 9.10. The number of anilines is 1. The third-order valence-corrected chi connectivity index (χ3v) is 5.49. The maximum Gasteiger partial charge on any atom is 0.335 e. The van der Waals surface area contributed by atoms with Crippen molar-refractivity contribution >= 4 is 45.5 Å². The molecule has 180 valence electrons. The van der Waals surface area contributed by atoms with Crippen molar-refractivity contribution in [1.82, 2.24) is 5.32 Å². The predicted octanol–water partition coefficient (Wildman–Crippen LogP) is 5.09. The molecule has 4 amide bonds. The van der Waals surface area contributed by atoms with Crippen LogP contribution in [0.3, 0.4) is 0 Å². The monoisotopic (exact) mass is 530 g/mol. The first-order valence-electron chi connectivity index (χ1n) is 11.0. The number of methoxy groups -OCH3 is 1. The number of hydrogen-bond donors (Lipinski definition) is 1. The molecule has 0 unspecified atom stereocenters. The molecule has 0 saturated carbocycles. The Kier molecular flexibility index (Phi) is 8.70. The zero-order chi connectivity index (χ0) is 24.7. The van der Waals surface area contributed by atoms with Crippen molar-refractivity contribution in [1.29, 1.82) is 0 Å². The maximum absolute atomic E-state index is 13.3. The van der Waals surface area contributed by atoms with Crippen LogP contribution in [0.4, 0.5) is 10.5 Å². The number of barbiturate groups is 1. The molecule has 8 nitrogen and oxygen atoms in total. The number of nitrogens with zero attached hydrogens (tertiary/aromatic N) is 1. The molecule has 1 aliphatic rings. The number of carbonyl (C=O) groups is 3. The van der Waals surface area contributed by atoms with E-state index in [9.17, 15) is 14.4 Å². The maximum atomic E-state index is 13.3. The van der Waals surface area contributed by atoms with Gasteiger partial charge in [-0.15, -0.1) is 0 Å². The van der Waals surface area contributed by atoms with Gasteiger partial charge in [0.1, 0.15) is 11.3 Å². The summed E-state index contributed by atoms with van der Waals surface area (Å²) >= 11 is 3.41. The Balaban J connectivity index is 1.97. The van der Waals surface area contributed by atoms with Crippen molar-refractivity contribution in [2.45, 2.75) is 33.1 Å². The summed E-state index contributed by atoms with van der Waals surface area (Å²) in [5, 5.41) is 2.24. The van der Waals surface area contributed by atoms with Crippen molar-refractivity contribution < 1.29 is 28.6 Å². The van der Waals surface area contributed by atoms with Crippen LogP contribution in [-0.2, 0) is 9.59 Å². The first-order chi connectivity index (χ1) is 16.4. The van der Waals surface area contributed by atoms with Crippen molar-refractivity contribution in [3.8, 4) is 17.2 Å². The van der Waals surface area contributed by atoms with Gasteiger partial charge in [0.05, 0.1) is 26.0 Å². The van der Waals surface area contributed by atoms with Gasteiger partial charge < -0.3 is 14.2 Å². The molecular formula is C25H27BrN2O6. The van der Waals surface area contributed by atoms with Gasteiger partial charge in [-0.1, -0.05) is 36.2 Å². The molecule has 1 heterocycles. The summed E-state index contributed by atoms with van der Waals surface area (Å²) in [5.41, 5.74) is 0.595. The number of unbranched alkanes of at least 4 members (excludes halogenated alkanes) is 1. The average Bonchev–Trinajstić information content (AvgIpc) is 2.82. The fourth-order valence-corrected chi connectivity index (χ4v) is 3.64. The molecule has 1 saturated heterocycles. The minimum Gasteiger partial charge on any atom is -0.493 e. The van der Waals surface area contributed by atoms with Gasteiger partial charge in [-0.2, -0.15) is 0 Å². The van der Waals surface area contributed by atoms with Gasteiger partial charge in [0, 0.05) is 16.1 Å². The fourth-order valence-electron chi connectivity index (χ4n) is 3.26. The molecule has 0 atom stereocenters. The topological polar surface area (TPSA) is 94.2 Å². The molecule has 1 N–H and O–H groups in total. The van der Waals surface area contributed by atoms with Gasteiger partial charge >= 0.3 is 6.03 Å². The van der Waals surface area contributed by atoms with E-state index in [4.69, 9.17) is 14.2 Å². The number of halogens is 1. The molecule has 2 aromatic carbocycles. The standard InChI is InChI=1S/C25H27BrN2O6/c1-4-6-12-34-20-9-7-17(26)13-16(20)14-19-23(29)27-25(31)28(24(19)30)18-8-10-21(33-11-5-2)22(15-18)32-3/h7-10,13-15H,4-6,11-12H2,1-3H3,(H,27,29,31)/b19-14-. The number of imide groups is 2. The Morgan fingerprint density at radius 3 is 2.38 bits per heavy atom. The third kappa shape index (κ3) is 5.77. The molecule has 9 heteroatoms. The lowest BCUT2D eigenvalue weighted by atomic mass is 10.1. The van der Waals surface area contributed by atoms with E-state index in [-0.39, 0.29) is 11.3 Å². The molecule has 0 spiro atoms. The summed E-state index contributed by atoms with van der Waals surface area (Å²) in [7, 11) is 1.47. The molecule has 1 aliphatic heterocycles. The first-order valence-corrected chi connectivity index (χ1v) is 11.8. The van der Waals surface area contributed by atoms with E-state index >= 15 is 0 Å². The summed E-state index contributed by atoms with van der Waals surface area (Å²) in [6.07, 6.45) is 4.08. The average molecular weight is 531 g/mol. The zero-order valence-electron chi connectivity index (χ0n) is 19.4. The van der Waals surface area contributed by atoms with E-state index in [2.05, 4.69) is 28.2 Å². The lowest BCUT2D eigenvalue weighted by Gasteiger charge is -2.27. The molecule has 34 heavy (non-hydrogen) atoms. The number of amides is 4. The van der Waals surface area contributed by atoms with Crippen LogP contribution in [0.5, 0.6) is 17.2 Å². The predicted molar refractivity (Wildman–Crippen MR) is 132 cm³/mol. The number of hydrogen-bond acceptors (Lipinski definition) is 6. The van der Waals surface area contributed by atoms with Crippen LogP contribution < -0.4 is 24.4 Å². The Labute approximate surface area is 207 Å². The quantitative estimate of drug-likeness (QED) is 0.261. The van der Waals surface area contributed by atoms with Crippen LogP contribution in [0.15, 0.2) is 46.4 Å². The Bertz CT molecular complexity index is 1110. The number of rotatable bonds is 10. The van der Waals surface area contributed by atoms with Crippen molar-refractivity contribution in [2.75, 3.05) is 25.2 Å². The summed E-state index contributed by atoms with van der Waals surface area (Å²) in [6.45, 7) is 5.04. The molecule has 2 aromatic rings. The minimum absolute atomic E-state index is 0.191. The highest BCUT2D eigenvalue weighted by atomic mass is 79.9. The van der Waals surface area contributed by atoms with E-state index < -0.39 is 17.8 Å². The lowest BCUT2D eigenvalue weighted by molar-refractivity contribution is -0.122. The first kappa shape index (κ1) is 25.3. The second kappa shape index (κ2) is 11.7. The molecule has 0 aliphatic carbocycles. The van der Waals surface area contributed by atoms with Crippen LogP contribution >= 0.6 is 15.9 Å². The third-order valence-electron chi connectivity index (χ3n) is 5.00. The van der Waals surface area contributed by atoms with Crippen molar-refractivity contribution in [2.24, 2.45) is 0 Å². The summed E-state index contributed by atoms with van der Waals surface area (Å²) < 4.78 is 17.6. The summed E-state index contributed by atoms with van der Waals surface area (Å²) in [4.78, 5) is 39.4. The van der Waals surface area contributed by atoms with Gasteiger partial charge in [0.2, 0.25) is 0 Å². The van der Waals surface area contributed by atoms with Crippen LogP contribution in [0.25, 0.3) is 6.08 Å². The SMILES string of the molecule is CCCCOc1ccc(Br)cc1/C=C1/C(=O)NC(=O)N(c2ccc(OCCC)c(OC)c2)C1=O. The number of urea groups is 1. The number of ether oxygens (including phenoxy) is 3. The van der Waals surface area contributed by atoms with E-state index in [0.29, 0.717) is 36.0 Å². The van der Waals surface area contributed by atoms with Crippen molar-refractivity contribution in [3.63, 3.8) is 0 Å². The van der Waals surface area contributed by atoms with E-state index in [1.807, 2.05) is 13.0 Å². The number of benzene rings is 2. The molecule has 0 aromatic heterocycles. The van der Waals surface area contributed by atoms with Gasteiger partial charge in [0.25, 0.3) is 11.8 Å². The normalized spacial score (nSPS) is 14.9. The zero-order valence-corrected chi connectivity index (χ0v) is 20.9. The Morgan fingerprint density at radius 2 is 1.68 bits per heavy atom. The van der Waals surface area contributed by atoms with Gasteiger partial charge in [0.15, 0.2) is 11.5 Å². The molecule has 0 bridgehead atoms. The van der Waals surface area contributed by atoms with Gasteiger partial charge in [-0.25, -0.2) is 9.69 Å². The Hall–Kier alpha value is -3.33. The lowest BCUT2D eigenvalue weighted by Crippen LogP contribution is -2.54. The molecule has 0 radical (unpaired) electrons. The highest BCUT2D eigenvalue weighted by Crippen LogP contribution is 2.34. The largest absolute Gasteiger partial charge is 0.493 e.